The summed E-state index contributed by atoms with van der Waals surface area (Å²) < 4.78 is 9.83. The molecule has 0 aliphatic rings. The monoisotopic (exact) mass is 265 g/mol. The molecule has 2 rings (SSSR count). The van der Waals surface area contributed by atoms with Crippen LogP contribution < -0.4 is 5.32 Å². The predicted molar refractivity (Wildman–Crippen MR) is 68.8 cm³/mol. The average molecular weight is 266 g/mol. The average Bonchev–Trinajstić information content (AvgIpc) is 2.86. The molecule has 0 spiro atoms. The summed E-state index contributed by atoms with van der Waals surface area (Å²) in [6.07, 6.45) is 1.37. The van der Waals surface area contributed by atoms with Crippen molar-refractivity contribution >= 4 is 23.3 Å². The number of furan rings is 1. The van der Waals surface area contributed by atoms with Crippen molar-refractivity contribution in [2.24, 2.45) is 0 Å². The van der Waals surface area contributed by atoms with Crippen LogP contribution in [0.1, 0.15) is 16.1 Å². The highest BCUT2D eigenvalue weighted by molar-refractivity contribution is 6.33. The van der Waals surface area contributed by atoms with Gasteiger partial charge in [-0.25, -0.2) is 4.79 Å². The normalized spacial score (nSPS) is 10.1. The number of para-hydroxylation sites is 1. The van der Waals surface area contributed by atoms with Gasteiger partial charge in [-0.05, 0) is 18.2 Å². The Morgan fingerprint density at radius 1 is 1.44 bits per heavy atom. The van der Waals surface area contributed by atoms with Crippen LogP contribution in [-0.4, -0.2) is 13.1 Å². The van der Waals surface area contributed by atoms with E-state index in [4.69, 9.17) is 16.0 Å². The molecule has 0 fully saturated rings. The van der Waals surface area contributed by atoms with Crippen molar-refractivity contribution in [1.82, 2.24) is 0 Å². The van der Waals surface area contributed by atoms with Gasteiger partial charge in [0, 0.05) is 0 Å². The number of hydrogen-bond acceptors (Lipinski definition) is 4. The Hall–Kier alpha value is -1.94. The van der Waals surface area contributed by atoms with Gasteiger partial charge in [-0.1, -0.05) is 23.7 Å². The molecule has 2 aromatic rings. The second kappa shape index (κ2) is 5.60. The van der Waals surface area contributed by atoms with E-state index >= 15 is 0 Å². The van der Waals surface area contributed by atoms with Crippen molar-refractivity contribution in [3.8, 4) is 0 Å². The van der Waals surface area contributed by atoms with Gasteiger partial charge in [-0.15, -0.1) is 0 Å². The quantitative estimate of drug-likeness (QED) is 0.862. The molecule has 5 heteroatoms. The first-order valence-electron chi connectivity index (χ1n) is 5.35. The van der Waals surface area contributed by atoms with Crippen LogP contribution in [0.5, 0.6) is 0 Å². The smallest absolute Gasteiger partial charge is 0.341 e. The van der Waals surface area contributed by atoms with E-state index in [9.17, 15) is 4.79 Å². The van der Waals surface area contributed by atoms with Crippen LogP contribution in [0.15, 0.2) is 41.0 Å². The number of anilines is 1. The third-order valence-electron chi connectivity index (χ3n) is 2.40. The van der Waals surface area contributed by atoms with E-state index in [0.717, 1.165) is 5.69 Å². The lowest BCUT2D eigenvalue weighted by Gasteiger charge is -2.05. The molecule has 0 radical (unpaired) electrons. The van der Waals surface area contributed by atoms with Crippen molar-refractivity contribution in [1.29, 1.82) is 0 Å². The van der Waals surface area contributed by atoms with Crippen molar-refractivity contribution in [3.63, 3.8) is 0 Å². The van der Waals surface area contributed by atoms with E-state index in [2.05, 4.69) is 10.1 Å². The van der Waals surface area contributed by atoms with E-state index in [1.54, 1.807) is 12.1 Å². The van der Waals surface area contributed by atoms with Crippen LogP contribution in [0.3, 0.4) is 0 Å². The molecule has 0 saturated heterocycles. The van der Waals surface area contributed by atoms with E-state index in [1.807, 2.05) is 18.2 Å². The van der Waals surface area contributed by atoms with Crippen molar-refractivity contribution in [2.45, 2.75) is 6.54 Å². The van der Waals surface area contributed by atoms with Gasteiger partial charge in [-0.3, -0.25) is 0 Å². The lowest BCUT2D eigenvalue weighted by atomic mass is 10.3. The fraction of sp³-hybridized carbons (Fsp3) is 0.154. The minimum Gasteiger partial charge on any atom is -0.467 e. The van der Waals surface area contributed by atoms with Crippen LogP contribution in [0, 0.1) is 0 Å². The minimum atomic E-state index is -0.414. The summed E-state index contributed by atoms with van der Waals surface area (Å²) in [4.78, 5) is 11.2. The molecule has 0 amide bonds. The van der Waals surface area contributed by atoms with Gasteiger partial charge in [-0.2, -0.15) is 0 Å². The maximum atomic E-state index is 11.2. The standard InChI is InChI=1S/C13H12ClNO3/c1-17-13(16)9-6-10(18-8-9)7-15-12-5-3-2-4-11(12)14/h2-6,8,15H,7H2,1H3. The summed E-state index contributed by atoms with van der Waals surface area (Å²) in [6, 6.07) is 9.04. The molecule has 1 heterocycles. The molecule has 1 N–H and O–H groups in total. The van der Waals surface area contributed by atoms with Crippen LogP contribution in [-0.2, 0) is 11.3 Å². The number of halogens is 1. The maximum Gasteiger partial charge on any atom is 0.341 e. The molecule has 1 aromatic carbocycles. The third kappa shape index (κ3) is 2.84. The molecule has 0 atom stereocenters. The van der Waals surface area contributed by atoms with Crippen molar-refractivity contribution in [3.05, 3.63) is 52.9 Å². The van der Waals surface area contributed by atoms with Gasteiger partial charge in [0.2, 0.25) is 0 Å². The van der Waals surface area contributed by atoms with E-state index in [0.29, 0.717) is 22.9 Å². The first kappa shape index (κ1) is 12.5. The summed E-state index contributed by atoms with van der Waals surface area (Å²) in [5.74, 6) is 0.220. The number of benzene rings is 1. The number of carbonyl (C=O) groups excluding carboxylic acids is 1. The topological polar surface area (TPSA) is 51.5 Å². The Bertz CT molecular complexity index is 551. The zero-order chi connectivity index (χ0) is 13.0. The summed E-state index contributed by atoms with van der Waals surface area (Å²) in [6.45, 7) is 0.445. The maximum absolute atomic E-state index is 11.2. The molecule has 4 nitrogen and oxygen atoms in total. The number of ether oxygens (including phenoxy) is 1. The lowest BCUT2D eigenvalue weighted by molar-refractivity contribution is 0.0600. The molecule has 0 saturated carbocycles. The summed E-state index contributed by atoms with van der Waals surface area (Å²) in [7, 11) is 1.33. The number of esters is 1. The molecule has 94 valence electrons. The van der Waals surface area contributed by atoms with Gasteiger partial charge in [0.1, 0.15) is 12.0 Å². The Kier molecular flexibility index (Phi) is 3.89. The van der Waals surface area contributed by atoms with Crippen LogP contribution in [0.2, 0.25) is 5.02 Å². The molecule has 1 aromatic heterocycles. The summed E-state index contributed by atoms with van der Waals surface area (Å²) in [5.41, 5.74) is 1.21. The molecule has 0 aliphatic carbocycles. The number of methoxy groups -OCH3 is 1. The summed E-state index contributed by atoms with van der Waals surface area (Å²) in [5, 5.41) is 3.76. The van der Waals surface area contributed by atoms with Crippen molar-refractivity contribution in [2.75, 3.05) is 12.4 Å². The van der Waals surface area contributed by atoms with Crippen molar-refractivity contribution < 1.29 is 13.9 Å². The van der Waals surface area contributed by atoms with E-state index in [1.165, 1.54) is 13.4 Å². The highest BCUT2D eigenvalue weighted by Gasteiger charge is 2.10. The Morgan fingerprint density at radius 3 is 2.94 bits per heavy atom. The Balaban J connectivity index is 2.01. The fourth-order valence-corrected chi connectivity index (χ4v) is 1.69. The zero-order valence-corrected chi connectivity index (χ0v) is 10.5. The zero-order valence-electron chi connectivity index (χ0n) is 9.77. The van der Waals surface area contributed by atoms with Crippen LogP contribution in [0.4, 0.5) is 5.69 Å². The van der Waals surface area contributed by atoms with Gasteiger partial charge >= 0.3 is 5.97 Å². The van der Waals surface area contributed by atoms with Gasteiger partial charge < -0.3 is 14.5 Å². The van der Waals surface area contributed by atoms with Crippen LogP contribution >= 0.6 is 11.6 Å². The van der Waals surface area contributed by atoms with Gasteiger partial charge in [0.15, 0.2) is 0 Å². The first-order valence-corrected chi connectivity index (χ1v) is 5.72. The lowest BCUT2D eigenvalue weighted by Crippen LogP contribution is -2.00. The van der Waals surface area contributed by atoms with E-state index in [-0.39, 0.29) is 0 Å². The van der Waals surface area contributed by atoms with Gasteiger partial charge in [0.05, 0.1) is 29.9 Å². The number of rotatable bonds is 4. The number of hydrogen-bond donors (Lipinski definition) is 1. The van der Waals surface area contributed by atoms with Gasteiger partial charge in [0.25, 0.3) is 0 Å². The number of carbonyl (C=O) groups is 1. The molecular formula is C13H12ClNO3. The SMILES string of the molecule is COC(=O)c1coc(CNc2ccccc2Cl)c1. The molecular weight excluding hydrogens is 254 g/mol. The second-order valence-electron chi connectivity index (χ2n) is 3.63. The summed E-state index contributed by atoms with van der Waals surface area (Å²) >= 11 is 6.00. The minimum absolute atomic E-state index is 0.397. The Labute approximate surface area is 110 Å². The molecule has 0 aliphatic heterocycles. The van der Waals surface area contributed by atoms with Crippen LogP contribution in [0.25, 0.3) is 0 Å². The number of nitrogens with one attached hydrogen (secondary N) is 1. The van der Waals surface area contributed by atoms with E-state index < -0.39 is 5.97 Å². The predicted octanol–water partition coefficient (Wildman–Crippen LogP) is 3.33. The molecule has 0 unspecified atom stereocenters. The largest absolute Gasteiger partial charge is 0.467 e. The molecule has 18 heavy (non-hydrogen) atoms. The Morgan fingerprint density at radius 2 is 2.22 bits per heavy atom. The highest BCUT2D eigenvalue weighted by Crippen LogP contribution is 2.21. The third-order valence-corrected chi connectivity index (χ3v) is 2.73. The fourth-order valence-electron chi connectivity index (χ4n) is 1.49. The highest BCUT2D eigenvalue weighted by atomic mass is 35.5. The second-order valence-corrected chi connectivity index (χ2v) is 4.03. The first-order chi connectivity index (χ1) is 8.70. The molecule has 0 bridgehead atoms.